The lowest BCUT2D eigenvalue weighted by Crippen LogP contribution is -2.37. The summed E-state index contributed by atoms with van der Waals surface area (Å²) < 4.78 is 0. The fourth-order valence-electron chi connectivity index (χ4n) is 6.28. The minimum Gasteiger partial charge on any atom is -0.357 e. The Bertz CT molecular complexity index is 1300. The molecular weight excluding hydrogens is 504 g/mol. The van der Waals surface area contributed by atoms with Crippen LogP contribution < -0.4 is 9.80 Å². The zero-order valence-corrected chi connectivity index (χ0v) is 24.0. The normalized spacial score (nSPS) is 22.5. The van der Waals surface area contributed by atoms with Gasteiger partial charge in [-0.2, -0.15) is 0 Å². The van der Waals surface area contributed by atoms with E-state index in [-0.39, 0.29) is 17.2 Å². The second kappa shape index (κ2) is 10.4. The number of thiophene rings is 1. The zero-order valence-electron chi connectivity index (χ0n) is 23.2. The van der Waals surface area contributed by atoms with Crippen LogP contribution in [0.5, 0.6) is 0 Å². The van der Waals surface area contributed by atoms with Crippen LogP contribution in [0.2, 0.25) is 0 Å². The molecule has 2 aromatic heterocycles. The predicted molar refractivity (Wildman–Crippen MR) is 158 cm³/mol. The van der Waals surface area contributed by atoms with Crippen molar-refractivity contribution in [2.75, 3.05) is 42.5 Å². The molecule has 2 saturated heterocycles. The first kappa shape index (κ1) is 26.1. The molecule has 6 rings (SSSR count). The molecule has 0 spiro atoms. The number of pyridine rings is 1. The van der Waals surface area contributed by atoms with Gasteiger partial charge in [0, 0.05) is 38.3 Å². The number of carbonyl (C=O) groups excluding carboxylic acids is 2. The second-order valence-corrected chi connectivity index (χ2v) is 13.3. The average Bonchev–Trinajstić information content (AvgIpc) is 3.33. The van der Waals surface area contributed by atoms with Crippen LogP contribution in [-0.2, 0) is 5.41 Å². The van der Waals surface area contributed by atoms with E-state index in [0.717, 1.165) is 48.1 Å². The Morgan fingerprint density at radius 3 is 2.28 bits per heavy atom. The number of amides is 2. The van der Waals surface area contributed by atoms with Gasteiger partial charge in [0.05, 0.1) is 16.8 Å². The molecule has 2 aliphatic heterocycles. The van der Waals surface area contributed by atoms with Gasteiger partial charge in [-0.05, 0) is 83.7 Å². The average molecular weight is 543 g/mol. The Labute approximate surface area is 235 Å². The summed E-state index contributed by atoms with van der Waals surface area (Å²) in [4.78, 5) is 38.5. The van der Waals surface area contributed by atoms with Crippen molar-refractivity contribution in [1.82, 2.24) is 9.88 Å². The number of rotatable bonds is 6. The maximum absolute atomic E-state index is 13.6. The molecule has 1 saturated carbocycles. The van der Waals surface area contributed by atoms with Gasteiger partial charge in [0.15, 0.2) is 0 Å². The smallest absolute Gasteiger partial charge is 0.268 e. The molecule has 3 aromatic rings. The van der Waals surface area contributed by atoms with E-state index in [1.54, 1.807) is 0 Å². The Morgan fingerprint density at radius 1 is 0.974 bits per heavy atom. The van der Waals surface area contributed by atoms with E-state index in [1.165, 1.54) is 36.2 Å². The minimum atomic E-state index is 0.0365. The Hall–Kier alpha value is -3.19. The van der Waals surface area contributed by atoms with E-state index >= 15 is 0 Å². The molecule has 6 nitrogen and oxygen atoms in total. The van der Waals surface area contributed by atoms with E-state index in [4.69, 9.17) is 4.98 Å². The standard InChI is InChI=1S/C32H38N4O2S/c1-32(2,3)23-11-9-22(10-12-23)30(37)35-19-25-26(20-35)27(25)21-36(31(38)28-8-7-17-39-28)24-13-14-29(33-18-24)34-15-5-4-6-16-34/h7-14,17-18,25-27H,4-6,15-16,19-21H2,1-3H3. The van der Waals surface area contributed by atoms with Crippen LogP contribution in [0, 0.1) is 17.8 Å². The lowest BCUT2D eigenvalue weighted by molar-refractivity contribution is 0.0766. The molecule has 7 heteroatoms. The van der Waals surface area contributed by atoms with Gasteiger partial charge in [-0.15, -0.1) is 11.3 Å². The minimum absolute atomic E-state index is 0.0365. The number of likely N-dealkylation sites (tertiary alicyclic amines) is 1. The van der Waals surface area contributed by atoms with Crippen LogP contribution in [0.3, 0.4) is 0 Å². The summed E-state index contributed by atoms with van der Waals surface area (Å²) in [6.07, 6.45) is 5.57. The first-order chi connectivity index (χ1) is 18.8. The molecular formula is C32H38N4O2S. The van der Waals surface area contributed by atoms with E-state index in [0.29, 0.717) is 24.3 Å². The third-order valence-electron chi connectivity index (χ3n) is 8.75. The molecule has 204 valence electrons. The van der Waals surface area contributed by atoms with E-state index in [2.05, 4.69) is 49.9 Å². The summed E-state index contributed by atoms with van der Waals surface area (Å²) in [5, 5.41) is 1.95. The van der Waals surface area contributed by atoms with Crippen LogP contribution >= 0.6 is 11.3 Å². The van der Waals surface area contributed by atoms with Crippen molar-refractivity contribution in [2.24, 2.45) is 17.8 Å². The predicted octanol–water partition coefficient (Wildman–Crippen LogP) is 6.10. The number of piperidine rings is 2. The largest absolute Gasteiger partial charge is 0.357 e. The molecule has 2 atom stereocenters. The van der Waals surface area contributed by atoms with Gasteiger partial charge in [0.2, 0.25) is 0 Å². The third kappa shape index (κ3) is 5.33. The van der Waals surface area contributed by atoms with Gasteiger partial charge in [0.25, 0.3) is 11.8 Å². The molecule has 2 unspecified atom stereocenters. The molecule has 4 heterocycles. The summed E-state index contributed by atoms with van der Waals surface area (Å²) in [6, 6.07) is 16.0. The van der Waals surface area contributed by atoms with Crippen molar-refractivity contribution >= 4 is 34.7 Å². The SMILES string of the molecule is CC(C)(C)c1ccc(C(=O)N2CC3C(C2)C3CN(C(=O)c2cccs2)c2ccc(N3CCCCC3)nc2)cc1. The second-order valence-electron chi connectivity index (χ2n) is 12.3. The summed E-state index contributed by atoms with van der Waals surface area (Å²) in [5.41, 5.74) is 2.92. The Morgan fingerprint density at radius 2 is 1.69 bits per heavy atom. The van der Waals surface area contributed by atoms with Crippen LogP contribution in [0.1, 0.15) is 65.6 Å². The van der Waals surface area contributed by atoms with Crippen molar-refractivity contribution in [1.29, 1.82) is 0 Å². The molecule has 1 aromatic carbocycles. The molecule has 3 aliphatic rings. The molecule has 0 N–H and O–H groups in total. The van der Waals surface area contributed by atoms with Gasteiger partial charge in [0.1, 0.15) is 5.82 Å². The fraction of sp³-hybridized carbons (Fsp3) is 0.469. The number of aromatic nitrogens is 1. The molecule has 3 fully saturated rings. The molecule has 0 bridgehead atoms. The molecule has 0 radical (unpaired) electrons. The maximum atomic E-state index is 13.6. The fourth-order valence-corrected chi connectivity index (χ4v) is 6.95. The number of benzene rings is 1. The highest BCUT2D eigenvalue weighted by Crippen LogP contribution is 2.52. The molecule has 39 heavy (non-hydrogen) atoms. The maximum Gasteiger partial charge on any atom is 0.268 e. The van der Waals surface area contributed by atoms with Crippen LogP contribution in [0.15, 0.2) is 60.1 Å². The molecule has 1 aliphatic carbocycles. The van der Waals surface area contributed by atoms with Crippen molar-refractivity contribution in [2.45, 2.75) is 45.4 Å². The quantitative estimate of drug-likeness (QED) is 0.378. The number of hydrogen-bond donors (Lipinski definition) is 0. The van der Waals surface area contributed by atoms with Crippen molar-refractivity contribution in [3.05, 3.63) is 76.1 Å². The topological polar surface area (TPSA) is 56.8 Å². The summed E-state index contributed by atoms with van der Waals surface area (Å²) in [5.74, 6) is 2.45. The highest BCUT2D eigenvalue weighted by atomic mass is 32.1. The number of anilines is 2. The van der Waals surface area contributed by atoms with Crippen LogP contribution in [0.25, 0.3) is 0 Å². The summed E-state index contributed by atoms with van der Waals surface area (Å²) in [6.45, 7) is 10.8. The first-order valence-electron chi connectivity index (χ1n) is 14.3. The van der Waals surface area contributed by atoms with Gasteiger partial charge >= 0.3 is 0 Å². The lowest BCUT2D eigenvalue weighted by Gasteiger charge is -2.29. The highest BCUT2D eigenvalue weighted by molar-refractivity contribution is 7.12. The van der Waals surface area contributed by atoms with Crippen molar-refractivity contribution in [3.8, 4) is 0 Å². The summed E-state index contributed by atoms with van der Waals surface area (Å²) in [7, 11) is 0. The zero-order chi connectivity index (χ0) is 27.1. The molecule has 2 amide bonds. The number of nitrogens with zero attached hydrogens (tertiary/aromatic N) is 4. The number of carbonyl (C=O) groups is 2. The Balaban J connectivity index is 1.12. The number of hydrogen-bond acceptors (Lipinski definition) is 5. The van der Waals surface area contributed by atoms with E-state index in [1.807, 2.05) is 45.6 Å². The van der Waals surface area contributed by atoms with Gasteiger partial charge < -0.3 is 14.7 Å². The Kier molecular flexibility index (Phi) is 6.96. The lowest BCUT2D eigenvalue weighted by atomic mass is 9.86. The first-order valence-corrected chi connectivity index (χ1v) is 15.1. The van der Waals surface area contributed by atoms with Crippen LogP contribution in [0.4, 0.5) is 11.5 Å². The van der Waals surface area contributed by atoms with Gasteiger partial charge in [-0.25, -0.2) is 4.98 Å². The van der Waals surface area contributed by atoms with Crippen molar-refractivity contribution < 1.29 is 9.59 Å². The van der Waals surface area contributed by atoms with Gasteiger partial charge in [-0.3, -0.25) is 9.59 Å². The van der Waals surface area contributed by atoms with Gasteiger partial charge in [-0.1, -0.05) is 39.0 Å². The highest BCUT2D eigenvalue weighted by Gasteiger charge is 2.57. The van der Waals surface area contributed by atoms with Crippen molar-refractivity contribution in [3.63, 3.8) is 0 Å². The third-order valence-corrected chi connectivity index (χ3v) is 9.61. The van der Waals surface area contributed by atoms with E-state index in [9.17, 15) is 9.59 Å². The number of fused-ring (bicyclic) bond motifs is 1. The van der Waals surface area contributed by atoms with E-state index < -0.39 is 0 Å². The monoisotopic (exact) mass is 542 g/mol. The van der Waals surface area contributed by atoms with Crippen LogP contribution in [-0.4, -0.2) is 54.4 Å². The summed E-state index contributed by atoms with van der Waals surface area (Å²) >= 11 is 1.48.